The third kappa shape index (κ3) is 3.12. The highest BCUT2D eigenvalue weighted by atomic mass is 16.4. The van der Waals surface area contributed by atoms with Crippen LogP contribution in [0.2, 0.25) is 0 Å². The number of benzene rings is 3. The van der Waals surface area contributed by atoms with Crippen LogP contribution in [0.5, 0.6) is 0 Å². The number of nitrogens with zero attached hydrogens (tertiary/aromatic N) is 2. The first kappa shape index (κ1) is 16.3. The summed E-state index contributed by atoms with van der Waals surface area (Å²) in [6.07, 6.45) is 3.49. The minimum Gasteiger partial charge on any atom is -0.436 e. The Morgan fingerprint density at radius 3 is 1.36 bits per heavy atom. The van der Waals surface area contributed by atoms with E-state index < -0.39 is 0 Å². The van der Waals surface area contributed by atoms with E-state index in [1.54, 1.807) is 12.4 Å². The highest BCUT2D eigenvalue weighted by molar-refractivity contribution is 5.67. The van der Waals surface area contributed by atoms with Gasteiger partial charge in [0.25, 0.3) is 0 Å². The van der Waals surface area contributed by atoms with Crippen LogP contribution in [0.4, 0.5) is 0 Å². The number of rotatable bonds is 4. The first-order valence-electron chi connectivity index (χ1n) is 9.00. The smallest absolute Gasteiger partial charge is 0.226 e. The topological polar surface area (TPSA) is 52.1 Å². The average molecular weight is 364 g/mol. The molecule has 0 saturated carbocycles. The third-order valence-corrected chi connectivity index (χ3v) is 4.48. The molecule has 0 aliphatic rings. The third-order valence-electron chi connectivity index (χ3n) is 4.48. The Balaban J connectivity index is 1.46. The number of aromatic nitrogens is 2. The molecule has 2 aromatic heterocycles. The van der Waals surface area contributed by atoms with Gasteiger partial charge >= 0.3 is 0 Å². The zero-order valence-corrected chi connectivity index (χ0v) is 14.9. The summed E-state index contributed by atoms with van der Waals surface area (Å²) < 4.78 is 11.9. The van der Waals surface area contributed by atoms with E-state index in [1.165, 1.54) is 0 Å². The molecule has 0 N–H and O–H groups in total. The van der Waals surface area contributed by atoms with Crippen LogP contribution in [0.15, 0.2) is 106 Å². The van der Waals surface area contributed by atoms with Gasteiger partial charge in [0.2, 0.25) is 11.8 Å². The molecule has 134 valence electrons. The van der Waals surface area contributed by atoms with Crippen molar-refractivity contribution >= 4 is 0 Å². The Kier molecular flexibility index (Phi) is 4.07. The molecule has 28 heavy (non-hydrogen) atoms. The molecular weight excluding hydrogens is 348 g/mol. The normalized spacial score (nSPS) is 10.9. The fourth-order valence-electron chi connectivity index (χ4n) is 3.07. The van der Waals surface area contributed by atoms with E-state index >= 15 is 0 Å². The van der Waals surface area contributed by atoms with E-state index in [4.69, 9.17) is 8.83 Å². The minimum atomic E-state index is 0.565. The molecule has 0 saturated heterocycles. The van der Waals surface area contributed by atoms with Gasteiger partial charge in [0.15, 0.2) is 11.5 Å². The Morgan fingerprint density at radius 2 is 0.893 bits per heavy atom. The molecule has 0 bridgehead atoms. The molecule has 0 amide bonds. The largest absolute Gasteiger partial charge is 0.436 e. The fourth-order valence-corrected chi connectivity index (χ4v) is 3.07. The molecule has 5 aromatic rings. The van der Waals surface area contributed by atoms with Crippen molar-refractivity contribution in [3.05, 3.63) is 97.3 Å². The second-order valence-corrected chi connectivity index (χ2v) is 6.37. The summed E-state index contributed by atoms with van der Waals surface area (Å²) in [7, 11) is 0. The average Bonchev–Trinajstić information content (AvgIpc) is 3.46. The van der Waals surface area contributed by atoms with E-state index in [2.05, 4.69) is 9.97 Å². The standard InChI is InChI=1S/C24H16N2O2/c1-3-8-17(9-4-1)21-15-25-23(27-21)19-12-7-13-20(14-19)24-26-16-22(28-24)18-10-5-2-6-11-18/h1-16H. The number of hydrogen-bond donors (Lipinski definition) is 0. The Labute approximate surface area is 162 Å². The Morgan fingerprint density at radius 1 is 0.464 bits per heavy atom. The van der Waals surface area contributed by atoms with Gasteiger partial charge in [0.05, 0.1) is 12.4 Å². The molecule has 0 aliphatic carbocycles. The molecule has 0 unspecified atom stereocenters. The van der Waals surface area contributed by atoms with E-state index in [-0.39, 0.29) is 0 Å². The summed E-state index contributed by atoms with van der Waals surface area (Å²) in [5.74, 6) is 2.61. The molecule has 0 spiro atoms. The van der Waals surface area contributed by atoms with E-state index in [0.717, 1.165) is 33.8 Å². The van der Waals surface area contributed by atoms with Crippen molar-refractivity contribution in [3.8, 4) is 45.6 Å². The zero-order chi connectivity index (χ0) is 18.8. The SMILES string of the molecule is c1ccc(-c2cnc(-c3cccc(-c4ncc(-c5ccccc5)o4)c3)o2)cc1. The lowest BCUT2D eigenvalue weighted by atomic mass is 10.1. The Bertz CT molecular complexity index is 1110. The van der Waals surface area contributed by atoms with Gasteiger partial charge in [-0.3, -0.25) is 0 Å². The lowest BCUT2D eigenvalue weighted by Gasteiger charge is -2.00. The maximum Gasteiger partial charge on any atom is 0.226 e. The molecule has 0 fully saturated rings. The van der Waals surface area contributed by atoms with Crippen LogP contribution in [0.1, 0.15) is 0 Å². The molecule has 0 atom stereocenters. The van der Waals surface area contributed by atoms with Crippen LogP contribution in [0.25, 0.3) is 45.6 Å². The predicted molar refractivity (Wildman–Crippen MR) is 108 cm³/mol. The summed E-state index contributed by atoms with van der Waals surface area (Å²) in [5.41, 5.74) is 3.74. The van der Waals surface area contributed by atoms with Crippen molar-refractivity contribution in [1.82, 2.24) is 9.97 Å². The molecule has 0 aliphatic heterocycles. The van der Waals surface area contributed by atoms with Crippen LogP contribution in [0, 0.1) is 0 Å². The summed E-state index contributed by atoms with van der Waals surface area (Å²) in [6.45, 7) is 0. The van der Waals surface area contributed by atoms with Crippen LogP contribution < -0.4 is 0 Å². The monoisotopic (exact) mass is 364 g/mol. The number of hydrogen-bond acceptors (Lipinski definition) is 4. The van der Waals surface area contributed by atoms with Gasteiger partial charge in [-0.25, -0.2) is 9.97 Å². The molecule has 0 radical (unpaired) electrons. The second kappa shape index (κ2) is 7.00. The van der Waals surface area contributed by atoms with Gasteiger partial charge in [-0.2, -0.15) is 0 Å². The maximum atomic E-state index is 5.96. The molecular formula is C24H16N2O2. The van der Waals surface area contributed by atoms with Crippen LogP contribution in [0.3, 0.4) is 0 Å². The van der Waals surface area contributed by atoms with Gasteiger partial charge in [0.1, 0.15) is 0 Å². The predicted octanol–water partition coefficient (Wildman–Crippen LogP) is 6.33. The van der Waals surface area contributed by atoms with Crippen molar-refractivity contribution in [3.63, 3.8) is 0 Å². The van der Waals surface area contributed by atoms with E-state index in [9.17, 15) is 0 Å². The summed E-state index contributed by atoms with van der Waals surface area (Å²) >= 11 is 0. The lowest BCUT2D eigenvalue weighted by molar-refractivity contribution is 0.586. The zero-order valence-electron chi connectivity index (χ0n) is 14.9. The Hall–Kier alpha value is -3.92. The fraction of sp³-hybridized carbons (Fsp3) is 0. The van der Waals surface area contributed by atoms with Crippen molar-refractivity contribution in [1.29, 1.82) is 0 Å². The summed E-state index contributed by atoms with van der Waals surface area (Å²) in [4.78, 5) is 8.87. The quantitative estimate of drug-likeness (QED) is 0.374. The maximum absolute atomic E-state index is 5.96. The molecule has 3 aromatic carbocycles. The van der Waals surface area contributed by atoms with Gasteiger partial charge < -0.3 is 8.83 Å². The van der Waals surface area contributed by atoms with Crippen LogP contribution in [-0.4, -0.2) is 9.97 Å². The summed E-state index contributed by atoms with van der Waals surface area (Å²) in [5, 5.41) is 0. The molecule has 5 rings (SSSR count). The highest BCUT2D eigenvalue weighted by Gasteiger charge is 2.12. The van der Waals surface area contributed by atoms with Crippen molar-refractivity contribution in [2.75, 3.05) is 0 Å². The molecule has 2 heterocycles. The highest BCUT2D eigenvalue weighted by Crippen LogP contribution is 2.30. The van der Waals surface area contributed by atoms with Crippen LogP contribution >= 0.6 is 0 Å². The van der Waals surface area contributed by atoms with Crippen molar-refractivity contribution in [2.24, 2.45) is 0 Å². The van der Waals surface area contributed by atoms with E-state index in [1.807, 2.05) is 84.9 Å². The van der Waals surface area contributed by atoms with Gasteiger partial charge in [-0.05, 0) is 18.2 Å². The summed E-state index contributed by atoms with van der Waals surface area (Å²) in [6, 6.07) is 27.7. The first-order chi connectivity index (χ1) is 13.9. The van der Waals surface area contributed by atoms with Crippen LogP contribution in [-0.2, 0) is 0 Å². The van der Waals surface area contributed by atoms with Crippen molar-refractivity contribution < 1.29 is 8.83 Å². The molecule has 4 heteroatoms. The lowest BCUT2D eigenvalue weighted by Crippen LogP contribution is -1.81. The van der Waals surface area contributed by atoms with Gasteiger partial charge in [-0.1, -0.05) is 66.7 Å². The second-order valence-electron chi connectivity index (χ2n) is 6.37. The minimum absolute atomic E-state index is 0.565. The van der Waals surface area contributed by atoms with Crippen molar-refractivity contribution in [2.45, 2.75) is 0 Å². The molecule has 4 nitrogen and oxygen atoms in total. The number of oxazole rings is 2. The van der Waals surface area contributed by atoms with E-state index in [0.29, 0.717) is 11.8 Å². The van der Waals surface area contributed by atoms with Gasteiger partial charge in [0, 0.05) is 22.3 Å². The first-order valence-corrected chi connectivity index (χ1v) is 9.00. The van der Waals surface area contributed by atoms with Gasteiger partial charge in [-0.15, -0.1) is 0 Å².